The molecule has 1 N–H and O–H groups in total. The van der Waals surface area contributed by atoms with Gasteiger partial charge in [-0.3, -0.25) is 4.79 Å². The maximum atomic E-state index is 12.4. The number of benzene rings is 2. The molecule has 8 heteroatoms. The number of amides is 1. The fourth-order valence-electron chi connectivity index (χ4n) is 2.78. The highest BCUT2D eigenvalue weighted by Crippen LogP contribution is 2.24. The van der Waals surface area contributed by atoms with Crippen LogP contribution in [-0.4, -0.2) is 40.1 Å². The Morgan fingerprint density at radius 2 is 2.00 bits per heavy atom. The lowest BCUT2D eigenvalue weighted by atomic mass is 10.1. The third kappa shape index (κ3) is 6.16. The number of carbonyl (C=O) groups excluding carboxylic acids is 1. The SMILES string of the molecule is COCCn1c(Cc2ccccc2)nnc1SCC(=O)Nc1ccc(C)cc1Br. The summed E-state index contributed by atoms with van der Waals surface area (Å²) in [5, 5.41) is 12.3. The molecule has 0 saturated carbocycles. The Morgan fingerprint density at radius 3 is 2.72 bits per heavy atom. The summed E-state index contributed by atoms with van der Waals surface area (Å²) in [5.41, 5.74) is 3.05. The Balaban J connectivity index is 1.66. The molecule has 6 nitrogen and oxygen atoms in total. The highest BCUT2D eigenvalue weighted by atomic mass is 79.9. The van der Waals surface area contributed by atoms with Crippen LogP contribution in [-0.2, 0) is 22.5 Å². The van der Waals surface area contributed by atoms with E-state index in [-0.39, 0.29) is 11.7 Å². The molecule has 0 atom stereocenters. The molecule has 1 aromatic heterocycles. The van der Waals surface area contributed by atoms with Gasteiger partial charge in [0.15, 0.2) is 5.16 Å². The number of anilines is 1. The van der Waals surface area contributed by atoms with E-state index in [4.69, 9.17) is 4.74 Å². The molecule has 152 valence electrons. The summed E-state index contributed by atoms with van der Waals surface area (Å²) in [6.07, 6.45) is 0.681. The van der Waals surface area contributed by atoms with Crippen molar-refractivity contribution >= 4 is 39.3 Å². The van der Waals surface area contributed by atoms with Crippen LogP contribution in [0.1, 0.15) is 17.0 Å². The van der Waals surface area contributed by atoms with E-state index in [1.807, 2.05) is 47.9 Å². The first-order chi connectivity index (χ1) is 14.1. The minimum absolute atomic E-state index is 0.0922. The number of thioether (sulfide) groups is 1. The van der Waals surface area contributed by atoms with E-state index >= 15 is 0 Å². The van der Waals surface area contributed by atoms with Gasteiger partial charge in [0.2, 0.25) is 5.91 Å². The maximum absolute atomic E-state index is 12.4. The van der Waals surface area contributed by atoms with Crippen LogP contribution in [0.4, 0.5) is 5.69 Å². The van der Waals surface area contributed by atoms with E-state index in [2.05, 4.69) is 43.6 Å². The molecule has 3 aromatic rings. The van der Waals surface area contributed by atoms with E-state index in [0.29, 0.717) is 24.7 Å². The van der Waals surface area contributed by atoms with Crippen molar-refractivity contribution in [3.8, 4) is 0 Å². The first-order valence-corrected chi connectivity index (χ1v) is 11.0. The number of hydrogen-bond acceptors (Lipinski definition) is 5. The minimum Gasteiger partial charge on any atom is -0.383 e. The van der Waals surface area contributed by atoms with Gasteiger partial charge >= 0.3 is 0 Å². The Hall–Kier alpha value is -2.16. The number of carbonyl (C=O) groups is 1. The predicted octanol–water partition coefficient (Wildman–Crippen LogP) is 4.32. The molecule has 0 aliphatic heterocycles. The highest BCUT2D eigenvalue weighted by molar-refractivity contribution is 9.10. The molecular formula is C21H23BrN4O2S. The summed E-state index contributed by atoms with van der Waals surface area (Å²) in [6.45, 7) is 3.20. The Bertz CT molecular complexity index is 963. The third-order valence-corrected chi connectivity index (χ3v) is 5.87. The lowest BCUT2D eigenvalue weighted by Gasteiger charge is -2.10. The molecule has 0 radical (unpaired) electrons. The second-order valence-corrected chi connectivity index (χ2v) is 8.32. The van der Waals surface area contributed by atoms with Crippen LogP contribution in [0.2, 0.25) is 0 Å². The standard InChI is InChI=1S/C21H23BrN4O2S/c1-15-8-9-18(17(22)12-15)23-20(27)14-29-21-25-24-19(26(21)10-11-28-2)13-16-6-4-3-5-7-16/h3-9,12H,10-11,13-14H2,1-2H3,(H,23,27). The number of nitrogens with one attached hydrogen (secondary N) is 1. The normalized spacial score (nSPS) is 10.9. The number of rotatable bonds is 9. The number of ether oxygens (including phenoxy) is 1. The number of methoxy groups -OCH3 is 1. The van der Waals surface area contributed by atoms with Crippen molar-refractivity contribution in [2.24, 2.45) is 0 Å². The molecule has 3 rings (SSSR count). The number of hydrogen-bond donors (Lipinski definition) is 1. The molecule has 0 fully saturated rings. The monoisotopic (exact) mass is 474 g/mol. The van der Waals surface area contributed by atoms with Crippen molar-refractivity contribution in [2.45, 2.75) is 25.0 Å². The fourth-order valence-corrected chi connectivity index (χ4v) is 4.16. The first kappa shape index (κ1) is 21.5. The van der Waals surface area contributed by atoms with Crippen LogP contribution >= 0.6 is 27.7 Å². The second kappa shape index (κ2) is 10.6. The second-order valence-electron chi connectivity index (χ2n) is 6.53. The molecule has 0 saturated heterocycles. The van der Waals surface area contributed by atoms with E-state index in [1.54, 1.807) is 7.11 Å². The smallest absolute Gasteiger partial charge is 0.234 e. The minimum atomic E-state index is -0.0922. The molecule has 0 unspecified atom stereocenters. The van der Waals surface area contributed by atoms with Gasteiger partial charge in [0, 0.05) is 24.5 Å². The molecule has 1 heterocycles. The predicted molar refractivity (Wildman–Crippen MR) is 119 cm³/mol. The molecule has 0 aliphatic carbocycles. The van der Waals surface area contributed by atoms with Gasteiger partial charge in [0.05, 0.1) is 18.0 Å². The van der Waals surface area contributed by atoms with Gasteiger partial charge in [-0.2, -0.15) is 0 Å². The van der Waals surface area contributed by atoms with Crippen LogP contribution in [0.3, 0.4) is 0 Å². The lowest BCUT2D eigenvalue weighted by Crippen LogP contribution is -2.16. The molecule has 0 bridgehead atoms. The number of aryl methyl sites for hydroxylation is 1. The average molecular weight is 475 g/mol. The molecule has 0 aliphatic rings. The summed E-state index contributed by atoms with van der Waals surface area (Å²) < 4.78 is 8.12. The van der Waals surface area contributed by atoms with Gasteiger partial charge < -0.3 is 14.6 Å². The topological polar surface area (TPSA) is 69.0 Å². The Kier molecular flexibility index (Phi) is 7.85. The fraction of sp³-hybridized carbons (Fsp3) is 0.286. The maximum Gasteiger partial charge on any atom is 0.234 e. The van der Waals surface area contributed by atoms with Gasteiger partial charge in [-0.25, -0.2) is 0 Å². The van der Waals surface area contributed by atoms with Crippen LogP contribution in [0.15, 0.2) is 58.2 Å². The molecule has 1 amide bonds. The lowest BCUT2D eigenvalue weighted by molar-refractivity contribution is -0.113. The zero-order valence-electron chi connectivity index (χ0n) is 16.4. The summed E-state index contributed by atoms with van der Waals surface area (Å²) in [4.78, 5) is 12.4. The van der Waals surface area contributed by atoms with Gasteiger partial charge in [0.25, 0.3) is 0 Å². The highest BCUT2D eigenvalue weighted by Gasteiger charge is 2.15. The van der Waals surface area contributed by atoms with Crippen molar-refractivity contribution in [3.63, 3.8) is 0 Å². The van der Waals surface area contributed by atoms with E-state index < -0.39 is 0 Å². The van der Waals surface area contributed by atoms with Gasteiger partial charge in [-0.1, -0.05) is 48.2 Å². The van der Waals surface area contributed by atoms with Crippen LogP contribution in [0.25, 0.3) is 0 Å². The van der Waals surface area contributed by atoms with E-state index in [0.717, 1.165) is 27.1 Å². The van der Waals surface area contributed by atoms with Crippen molar-refractivity contribution in [1.29, 1.82) is 0 Å². The zero-order chi connectivity index (χ0) is 20.6. The van der Waals surface area contributed by atoms with Crippen molar-refractivity contribution < 1.29 is 9.53 Å². The van der Waals surface area contributed by atoms with Crippen LogP contribution in [0.5, 0.6) is 0 Å². The van der Waals surface area contributed by atoms with Gasteiger partial charge in [-0.15, -0.1) is 10.2 Å². The van der Waals surface area contributed by atoms with Gasteiger partial charge in [0.1, 0.15) is 5.82 Å². The summed E-state index contributed by atoms with van der Waals surface area (Å²) >= 11 is 4.86. The molecule has 29 heavy (non-hydrogen) atoms. The Labute approximate surface area is 183 Å². The van der Waals surface area contributed by atoms with Crippen molar-refractivity contribution in [2.75, 3.05) is 24.8 Å². The largest absolute Gasteiger partial charge is 0.383 e. The van der Waals surface area contributed by atoms with Crippen LogP contribution < -0.4 is 5.32 Å². The number of halogens is 1. The first-order valence-electron chi connectivity index (χ1n) is 9.20. The Morgan fingerprint density at radius 1 is 1.21 bits per heavy atom. The van der Waals surface area contributed by atoms with Crippen molar-refractivity contribution in [1.82, 2.24) is 14.8 Å². The third-order valence-electron chi connectivity index (χ3n) is 4.25. The number of nitrogens with zero attached hydrogens (tertiary/aromatic N) is 3. The zero-order valence-corrected chi connectivity index (χ0v) is 18.8. The van der Waals surface area contributed by atoms with E-state index in [9.17, 15) is 4.79 Å². The average Bonchev–Trinajstić information content (AvgIpc) is 3.09. The summed E-state index contributed by atoms with van der Waals surface area (Å²) in [6, 6.07) is 16.0. The molecule has 0 spiro atoms. The van der Waals surface area contributed by atoms with Crippen molar-refractivity contribution in [3.05, 3.63) is 70.0 Å². The van der Waals surface area contributed by atoms with Gasteiger partial charge in [-0.05, 0) is 46.1 Å². The van der Waals surface area contributed by atoms with Crippen LogP contribution in [0, 0.1) is 6.92 Å². The van der Waals surface area contributed by atoms with E-state index in [1.165, 1.54) is 11.8 Å². The summed E-state index contributed by atoms with van der Waals surface area (Å²) in [5.74, 6) is 1.01. The summed E-state index contributed by atoms with van der Waals surface area (Å²) in [7, 11) is 1.67. The molecular weight excluding hydrogens is 452 g/mol. The quantitative estimate of drug-likeness (QED) is 0.467. The number of aromatic nitrogens is 3. The molecule has 2 aromatic carbocycles.